The molecule has 0 spiro atoms. The number of likely N-dealkylation sites (tertiary alicyclic amines) is 1. The Hall–Kier alpha value is -2.06. The van der Waals surface area contributed by atoms with E-state index in [9.17, 15) is 13.2 Å². The van der Waals surface area contributed by atoms with Crippen molar-refractivity contribution in [1.29, 1.82) is 0 Å². The molecule has 0 aromatic carbocycles. The highest BCUT2D eigenvalue weighted by atomic mass is 32.2. The number of aromatic amines is 1. The van der Waals surface area contributed by atoms with Crippen LogP contribution in [0.2, 0.25) is 0 Å². The number of aryl methyl sites for hydroxylation is 1. The summed E-state index contributed by atoms with van der Waals surface area (Å²) in [6.07, 6.45) is 7.40. The number of hydrogen-bond donors (Lipinski definition) is 2. The van der Waals surface area contributed by atoms with Crippen molar-refractivity contribution in [2.24, 2.45) is 0 Å². The molecule has 7 nitrogen and oxygen atoms in total. The Bertz CT molecular complexity index is 877. The number of nitrogens with zero attached hydrogens (tertiary/aromatic N) is 1. The highest BCUT2D eigenvalue weighted by Gasteiger charge is 2.29. The fourth-order valence-corrected chi connectivity index (χ4v) is 4.85. The standard InChI is InChI=1S/C17H21N3O4S/c21-17(20-7-1-2-8-20)15-10-12(11-18-15)25(22,23)19-14-4-3-5-16-13(14)6-9-24-16/h6,9-11,14,18-19H,1-5,7-8H2. The normalized spacial score (nSPS) is 20.6. The zero-order chi connectivity index (χ0) is 17.4. The van der Waals surface area contributed by atoms with Crippen LogP contribution in [0.5, 0.6) is 0 Å². The van der Waals surface area contributed by atoms with Gasteiger partial charge in [0, 0.05) is 31.3 Å². The molecule has 0 saturated carbocycles. The average Bonchev–Trinajstić information content (AvgIpc) is 3.33. The fourth-order valence-electron chi connectivity index (χ4n) is 3.61. The summed E-state index contributed by atoms with van der Waals surface area (Å²) in [5.41, 5.74) is 1.22. The topological polar surface area (TPSA) is 95.4 Å². The van der Waals surface area contributed by atoms with E-state index in [1.165, 1.54) is 12.3 Å². The Labute approximate surface area is 146 Å². The molecule has 2 aromatic heterocycles. The first kappa shape index (κ1) is 16.4. The van der Waals surface area contributed by atoms with Gasteiger partial charge in [0.25, 0.3) is 5.91 Å². The molecule has 3 heterocycles. The van der Waals surface area contributed by atoms with Gasteiger partial charge in [-0.25, -0.2) is 13.1 Å². The molecule has 0 bridgehead atoms. The summed E-state index contributed by atoms with van der Waals surface area (Å²) in [6.45, 7) is 1.45. The van der Waals surface area contributed by atoms with Crippen LogP contribution in [0.15, 0.2) is 33.9 Å². The summed E-state index contributed by atoms with van der Waals surface area (Å²) in [6, 6.07) is 2.95. The van der Waals surface area contributed by atoms with Crippen LogP contribution in [0.4, 0.5) is 0 Å². The first-order valence-electron chi connectivity index (χ1n) is 8.61. The van der Waals surface area contributed by atoms with Gasteiger partial charge in [0.1, 0.15) is 16.3 Å². The van der Waals surface area contributed by atoms with Crippen molar-refractivity contribution in [3.63, 3.8) is 0 Å². The summed E-state index contributed by atoms with van der Waals surface area (Å²) in [4.78, 5) is 17.0. The minimum atomic E-state index is -3.71. The van der Waals surface area contributed by atoms with E-state index in [4.69, 9.17) is 4.42 Å². The Balaban J connectivity index is 1.53. The monoisotopic (exact) mass is 363 g/mol. The molecule has 1 unspecified atom stereocenters. The zero-order valence-electron chi connectivity index (χ0n) is 13.8. The number of carbonyl (C=O) groups excluding carboxylic acids is 1. The predicted octanol–water partition coefficient (Wildman–Crippen LogP) is 2.20. The van der Waals surface area contributed by atoms with E-state index in [1.807, 2.05) is 6.07 Å². The Morgan fingerprint density at radius 3 is 2.88 bits per heavy atom. The summed E-state index contributed by atoms with van der Waals surface area (Å²) < 4.78 is 33.6. The van der Waals surface area contributed by atoms with Crippen molar-refractivity contribution in [3.8, 4) is 0 Å². The molecule has 25 heavy (non-hydrogen) atoms. The average molecular weight is 363 g/mol. The molecule has 1 aliphatic carbocycles. The third-order valence-corrected chi connectivity index (χ3v) is 6.39. The van der Waals surface area contributed by atoms with E-state index >= 15 is 0 Å². The maximum absolute atomic E-state index is 12.7. The SMILES string of the molecule is O=C(c1cc(S(=O)(=O)NC2CCCc3occc32)c[nH]1)N1CCCC1. The van der Waals surface area contributed by atoms with Gasteiger partial charge < -0.3 is 14.3 Å². The van der Waals surface area contributed by atoms with Gasteiger partial charge in [-0.05, 0) is 37.8 Å². The number of carbonyl (C=O) groups is 1. The minimum absolute atomic E-state index is 0.0886. The number of amides is 1. The van der Waals surface area contributed by atoms with Crippen LogP contribution < -0.4 is 4.72 Å². The first-order valence-corrected chi connectivity index (χ1v) is 10.1. The number of sulfonamides is 1. The quantitative estimate of drug-likeness (QED) is 0.870. The minimum Gasteiger partial charge on any atom is -0.469 e. The van der Waals surface area contributed by atoms with Gasteiger partial charge in [-0.15, -0.1) is 0 Å². The van der Waals surface area contributed by atoms with Crippen molar-refractivity contribution in [2.45, 2.75) is 43.0 Å². The predicted molar refractivity (Wildman–Crippen MR) is 90.6 cm³/mol. The van der Waals surface area contributed by atoms with Crippen molar-refractivity contribution >= 4 is 15.9 Å². The number of fused-ring (bicyclic) bond motifs is 1. The van der Waals surface area contributed by atoms with Crippen molar-refractivity contribution in [2.75, 3.05) is 13.1 Å². The highest BCUT2D eigenvalue weighted by Crippen LogP contribution is 2.31. The van der Waals surface area contributed by atoms with E-state index in [-0.39, 0.29) is 16.8 Å². The van der Waals surface area contributed by atoms with E-state index in [0.29, 0.717) is 5.69 Å². The lowest BCUT2D eigenvalue weighted by molar-refractivity contribution is 0.0787. The second-order valence-electron chi connectivity index (χ2n) is 6.61. The molecule has 2 aliphatic rings. The summed E-state index contributed by atoms with van der Waals surface area (Å²) in [7, 11) is -3.71. The lowest BCUT2D eigenvalue weighted by atomic mass is 9.94. The summed E-state index contributed by atoms with van der Waals surface area (Å²) in [5.74, 6) is 0.701. The number of hydrogen-bond acceptors (Lipinski definition) is 4. The number of aromatic nitrogens is 1. The molecule has 1 atom stereocenters. The van der Waals surface area contributed by atoms with Crippen LogP contribution in [-0.4, -0.2) is 37.3 Å². The molecule has 4 rings (SSSR count). The van der Waals surface area contributed by atoms with Gasteiger partial charge in [-0.3, -0.25) is 4.79 Å². The van der Waals surface area contributed by atoms with Crippen LogP contribution in [0.25, 0.3) is 0 Å². The van der Waals surface area contributed by atoms with Gasteiger partial charge in [-0.2, -0.15) is 0 Å². The molecule has 0 radical (unpaired) electrons. The molecule has 134 valence electrons. The van der Waals surface area contributed by atoms with E-state index in [1.54, 1.807) is 11.2 Å². The largest absolute Gasteiger partial charge is 0.469 e. The number of rotatable bonds is 4. The van der Waals surface area contributed by atoms with E-state index in [2.05, 4.69) is 9.71 Å². The Morgan fingerprint density at radius 2 is 2.08 bits per heavy atom. The molecule has 2 N–H and O–H groups in total. The first-order chi connectivity index (χ1) is 12.0. The molecular weight excluding hydrogens is 342 g/mol. The van der Waals surface area contributed by atoms with Crippen LogP contribution in [0.3, 0.4) is 0 Å². The third-order valence-electron chi connectivity index (χ3n) is 4.94. The zero-order valence-corrected chi connectivity index (χ0v) is 14.6. The van der Waals surface area contributed by atoms with Gasteiger partial charge in [0.15, 0.2) is 0 Å². The molecule has 1 amide bonds. The van der Waals surface area contributed by atoms with Crippen LogP contribution in [0.1, 0.15) is 53.5 Å². The van der Waals surface area contributed by atoms with Crippen LogP contribution in [0, 0.1) is 0 Å². The Kier molecular flexibility index (Phi) is 4.16. The van der Waals surface area contributed by atoms with Crippen LogP contribution in [-0.2, 0) is 16.4 Å². The van der Waals surface area contributed by atoms with Gasteiger partial charge in [0.2, 0.25) is 10.0 Å². The lowest BCUT2D eigenvalue weighted by Crippen LogP contribution is -2.30. The second-order valence-corrected chi connectivity index (χ2v) is 8.33. The third kappa shape index (κ3) is 3.11. The Morgan fingerprint density at radius 1 is 1.28 bits per heavy atom. The van der Waals surface area contributed by atoms with Gasteiger partial charge >= 0.3 is 0 Å². The molecular formula is C17H21N3O4S. The molecule has 8 heteroatoms. The molecule has 1 fully saturated rings. The number of nitrogens with one attached hydrogen (secondary N) is 2. The van der Waals surface area contributed by atoms with Crippen molar-refractivity contribution in [1.82, 2.24) is 14.6 Å². The maximum atomic E-state index is 12.7. The number of furan rings is 1. The highest BCUT2D eigenvalue weighted by molar-refractivity contribution is 7.89. The summed E-state index contributed by atoms with van der Waals surface area (Å²) >= 11 is 0. The molecule has 1 saturated heterocycles. The van der Waals surface area contributed by atoms with Crippen LogP contribution >= 0.6 is 0 Å². The maximum Gasteiger partial charge on any atom is 0.270 e. The van der Waals surface area contributed by atoms with Crippen molar-refractivity contribution < 1.29 is 17.6 Å². The van der Waals surface area contributed by atoms with E-state index in [0.717, 1.165) is 56.5 Å². The van der Waals surface area contributed by atoms with Crippen molar-refractivity contribution in [3.05, 3.63) is 41.6 Å². The lowest BCUT2D eigenvalue weighted by Gasteiger charge is -2.22. The summed E-state index contributed by atoms with van der Waals surface area (Å²) in [5, 5.41) is 0. The van der Waals surface area contributed by atoms with Gasteiger partial charge in [0.05, 0.1) is 12.3 Å². The fraction of sp³-hybridized carbons (Fsp3) is 0.471. The smallest absolute Gasteiger partial charge is 0.270 e. The molecule has 1 aliphatic heterocycles. The molecule has 2 aromatic rings. The van der Waals surface area contributed by atoms with Gasteiger partial charge in [-0.1, -0.05) is 0 Å². The number of H-pyrrole nitrogens is 1. The van der Waals surface area contributed by atoms with E-state index < -0.39 is 10.0 Å². The second kappa shape index (κ2) is 6.34.